The number of benzene rings is 1. The minimum absolute atomic E-state index is 0.0172. The van der Waals surface area contributed by atoms with E-state index in [1.807, 2.05) is 12.3 Å². The number of anilines is 1. The van der Waals surface area contributed by atoms with E-state index in [4.69, 9.17) is 0 Å². The van der Waals surface area contributed by atoms with Crippen LogP contribution in [0, 0.1) is 5.41 Å². The van der Waals surface area contributed by atoms with Crippen molar-refractivity contribution in [2.24, 2.45) is 5.41 Å². The zero-order valence-corrected chi connectivity index (χ0v) is 15.6. The number of aromatic nitrogens is 2. The second kappa shape index (κ2) is 6.63. The van der Waals surface area contributed by atoms with Gasteiger partial charge in [-0.05, 0) is 43.1 Å². The Hall–Kier alpha value is -2.43. The maximum atomic E-state index is 13.2. The minimum atomic E-state index is 0.0172. The Morgan fingerprint density at radius 3 is 2.48 bits per heavy atom. The molecule has 0 N–H and O–H groups in total. The molecule has 27 heavy (non-hydrogen) atoms. The Balaban J connectivity index is 1.38. The lowest BCUT2D eigenvalue weighted by Gasteiger charge is -2.50. The van der Waals surface area contributed by atoms with Crippen molar-refractivity contribution < 1.29 is 4.79 Å². The molecule has 0 radical (unpaired) electrons. The van der Waals surface area contributed by atoms with E-state index in [1.54, 1.807) is 12.4 Å². The highest BCUT2D eigenvalue weighted by Crippen LogP contribution is 2.48. The van der Waals surface area contributed by atoms with Crippen LogP contribution in [0.15, 0.2) is 48.9 Å². The Bertz CT molecular complexity index is 798. The van der Waals surface area contributed by atoms with Crippen LogP contribution in [0.5, 0.6) is 0 Å². The van der Waals surface area contributed by atoms with Crippen molar-refractivity contribution >= 4 is 11.7 Å². The zero-order chi connectivity index (χ0) is 18.3. The molecule has 0 bridgehead atoms. The molecule has 1 amide bonds. The van der Waals surface area contributed by atoms with E-state index < -0.39 is 0 Å². The van der Waals surface area contributed by atoms with Crippen LogP contribution in [0.25, 0.3) is 0 Å². The molecule has 1 saturated carbocycles. The summed E-state index contributed by atoms with van der Waals surface area (Å²) in [6.45, 7) is 2.92. The number of carbonyl (C=O) groups excluding carboxylic acids is 1. The lowest BCUT2D eigenvalue weighted by atomic mass is 9.67. The highest BCUT2D eigenvalue weighted by molar-refractivity contribution is 5.85. The first kappa shape index (κ1) is 16.7. The first-order valence-corrected chi connectivity index (χ1v) is 10.1. The molecule has 3 fully saturated rings. The maximum Gasteiger partial charge on any atom is 0.230 e. The van der Waals surface area contributed by atoms with Gasteiger partial charge in [-0.25, -0.2) is 4.98 Å². The maximum absolute atomic E-state index is 13.2. The van der Waals surface area contributed by atoms with E-state index >= 15 is 0 Å². The SMILES string of the molecule is O=C1[C@H](c2ccccc2)CC2(CCN(c3cnccn3)CC2)CN1C1CC1. The average molecular weight is 362 g/mol. The van der Waals surface area contributed by atoms with Crippen LogP contribution in [-0.4, -0.2) is 46.5 Å². The van der Waals surface area contributed by atoms with Crippen LogP contribution in [0.3, 0.4) is 0 Å². The molecule has 3 aliphatic rings. The van der Waals surface area contributed by atoms with E-state index in [0.29, 0.717) is 11.9 Å². The van der Waals surface area contributed by atoms with Crippen LogP contribution >= 0.6 is 0 Å². The summed E-state index contributed by atoms with van der Waals surface area (Å²) < 4.78 is 0. The van der Waals surface area contributed by atoms with Crippen LogP contribution in [-0.2, 0) is 4.79 Å². The topological polar surface area (TPSA) is 49.3 Å². The summed E-state index contributed by atoms with van der Waals surface area (Å²) in [5, 5.41) is 0. The van der Waals surface area contributed by atoms with Crippen LogP contribution < -0.4 is 4.90 Å². The number of hydrogen-bond donors (Lipinski definition) is 0. The monoisotopic (exact) mass is 362 g/mol. The van der Waals surface area contributed by atoms with Crippen LogP contribution in [0.1, 0.15) is 43.6 Å². The Kier molecular flexibility index (Phi) is 4.10. The number of likely N-dealkylation sites (tertiary alicyclic amines) is 1. The molecule has 2 saturated heterocycles. The lowest BCUT2D eigenvalue weighted by molar-refractivity contribution is -0.141. The molecule has 1 spiro atoms. The highest BCUT2D eigenvalue weighted by Gasteiger charge is 2.49. The third kappa shape index (κ3) is 3.20. The molecule has 2 aliphatic heterocycles. The molecule has 3 heterocycles. The van der Waals surface area contributed by atoms with Gasteiger partial charge in [-0.3, -0.25) is 9.78 Å². The average Bonchev–Trinajstić information content (AvgIpc) is 3.57. The van der Waals surface area contributed by atoms with E-state index in [2.05, 4.69) is 44.0 Å². The van der Waals surface area contributed by atoms with Gasteiger partial charge in [0.05, 0.1) is 12.1 Å². The van der Waals surface area contributed by atoms with Gasteiger partial charge in [0.2, 0.25) is 5.91 Å². The van der Waals surface area contributed by atoms with E-state index in [1.165, 1.54) is 18.4 Å². The van der Waals surface area contributed by atoms with Crippen molar-refractivity contribution in [3.05, 3.63) is 54.5 Å². The number of piperidine rings is 2. The molecule has 2 aromatic rings. The third-order valence-corrected chi connectivity index (χ3v) is 6.61. The van der Waals surface area contributed by atoms with Gasteiger partial charge in [-0.1, -0.05) is 30.3 Å². The standard InChI is InChI=1S/C22H26N4O/c27-21-19(17-4-2-1-3-5-17)14-22(16-26(21)18-6-7-18)8-12-25(13-9-22)20-15-23-10-11-24-20/h1-5,10-11,15,18-19H,6-9,12-14,16H2/t19-/m0/s1. The molecule has 5 heteroatoms. The summed E-state index contributed by atoms with van der Waals surface area (Å²) in [5.41, 5.74) is 1.42. The van der Waals surface area contributed by atoms with Gasteiger partial charge < -0.3 is 9.80 Å². The summed E-state index contributed by atoms with van der Waals surface area (Å²) >= 11 is 0. The molecule has 5 nitrogen and oxygen atoms in total. The van der Waals surface area contributed by atoms with Crippen molar-refractivity contribution in [3.8, 4) is 0 Å². The van der Waals surface area contributed by atoms with Gasteiger partial charge in [-0.15, -0.1) is 0 Å². The molecular formula is C22H26N4O. The molecule has 5 rings (SSSR count). The number of rotatable bonds is 3. The molecular weight excluding hydrogens is 336 g/mol. The molecule has 0 unspecified atom stereocenters. The number of amides is 1. The summed E-state index contributed by atoms with van der Waals surface area (Å²) in [5.74, 6) is 1.34. The predicted octanol–water partition coefficient (Wildman–Crippen LogP) is 3.24. The second-order valence-corrected chi connectivity index (χ2v) is 8.42. The minimum Gasteiger partial charge on any atom is -0.355 e. The summed E-state index contributed by atoms with van der Waals surface area (Å²) in [4.78, 5) is 26.5. The number of hydrogen-bond acceptors (Lipinski definition) is 4. The van der Waals surface area contributed by atoms with Crippen molar-refractivity contribution in [2.45, 2.75) is 44.1 Å². The van der Waals surface area contributed by atoms with Gasteiger partial charge in [0.25, 0.3) is 0 Å². The largest absolute Gasteiger partial charge is 0.355 e. The zero-order valence-electron chi connectivity index (χ0n) is 15.6. The predicted molar refractivity (Wildman–Crippen MR) is 104 cm³/mol. The fraction of sp³-hybridized carbons (Fsp3) is 0.500. The van der Waals surface area contributed by atoms with Gasteiger partial charge >= 0.3 is 0 Å². The summed E-state index contributed by atoms with van der Waals surface area (Å²) in [7, 11) is 0. The van der Waals surface area contributed by atoms with Gasteiger partial charge in [0, 0.05) is 38.1 Å². The molecule has 1 atom stereocenters. The normalized spacial score (nSPS) is 25.0. The van der Waals surface area contributed by atoms with E-state index in [-0.39, 0.29) is 11.3 Å². The fourth-order valence-electron chi connectivity index (χ4n) is 4.89. The van der Waals surface area contributed by atoms with Crippen molar-refractivity contribution in [2.75, 3.05) is 24.5 Å². The lowest BCUT2D eigenvalue weighted by Crippen LogP contribution is -2.54. The van der Waals surface area contributed by atoms with Crippen molar-refractivity contribution in [1.29, 1.82) is 0 Å². The molecule has 140 valence electrons. The van der Waals surface area contributed by atoms with Crippen molar-refractivity contribution in [1.82, 2.24) is 14.9 Å². The van der Waals surface area contributed by atoms with Crippen LogP contribution in [0.2, 0.25) is 0 Å². The molecule has 1 aliphatic carbocycles. The van der Waals surface area contributed by atoms with E-state index in [0.717, 1.165) is 44.7 Å². The number of carbonyl (C=O) groups is 1. The first-order valence-electron chi connectivity index (χ1n) is 10.1. The smallest absolute Gasteiger partial charge is 0.230 e. The fourth-order valence-corrected chi connectivity index (χ4v) is 4.89. The highest BCUT2D eigenvalue weighted by atomic mass is 16.2. The Labute approximate surface area is 160 Å². The Morgan fingerprint density at radius 1 is 1.04 bits per heavy atom. The summed E-state index contributed by atoms with van der Waals surface area (Å²) in [6.07, 6.45) is 10.9. The molecule has 1 aromatic heterocycles. The molecule has 1 aromatic carbocycles. The third-order valence-electron chi connectivity index (χ3n) is 6.61. The second-order valence-electron chi connectivity index (χ2n) is 8.42. The number of nitrogens with zero attached hydrogens (tertiary/aromatic N) is 4. The quantitative estimate of drug-likeness (QED) is 0.841. The summed E-state index contributed by atoms with van der Waals surface area (Å²) in [6, 6.07) is 10.9. The van der Waals surface area contributed by atoms with Gasteiger partial charge in [0.15, 0.2) is 0 Å². The van der Waals surface area contributed by atoms with E-state index in [9.17, 15) is 4.79 Å². The Morgan fingerprint density at radius 2 is 1.81 bits per heavy atom. The van der Waals surface area contributed by atoms with Crippen LogP contribution in [0.4, 0.5) is 5.82 Å². The first-order chi connectivity index (χ1) is 13.2. The van der Waals surface area contributed by atoms with Crippen molar-refractivity contribution in [3.63, 3.8) is 0 Å². The van der Waals surface area contributed by atoms with Gasteiger partial charge in [0.1, 0.15) is 5.82 Å². The van der Waals surface area contributed by atoms with Gasteiger partial charge in [-0.2, -0.15) is 0 Å².